The van der Waals surface area contributed by atoms with Crippen LogP contribution in [0.4, 0.5) is 0 Å². The van der Waals surface area contributed by atoms with E-state index in [4.69, 9.17) is 34.3 Å². The standard InChI is InChI=1S/C14H11BrClNOS/c15-10-5-6-11(14(17)19)13(7-10)18-8-9-3-1-2-4-12(9)16/h1-7H,8H2,(H2,17,19). The fourth-order valence-corrected chi connectivity index (χ4v) is 2.29. The van der Waals surface area contributed by atoms with Gasteiger partial charge in [-0.15, -0.1) is 0 Å². The van der Waals surface area contributed by atoms with Crippen molar-refractivity contribution in [3.63, 3.8) is 0 Å². The molecule has 0 aromatic heterocycles. The SMILES string of the molecule is NC(=S)c1ccc(Br)cc1OCc1ccccc1Cl. The second kappa shape index (κ2) is 6.37. The Morgan fingerprint density at radius 2 is 2.00 bits per heavy atom. The minimum absolute atomic E-state index is 0.307. The van der Waals surface area contributed by atoms with Crippen molar-refractivity contribution in [2.45, 2.75) is 6.61 Å². The molecule has 0 aliphatic heterocycles. The van der Waals surface area contributed by atoms with Crippen LogP contribution in [-0.4, -0.2) is 4.99 Å². The van der Waals surface area contributed by atoms with Crippen LogP contribution in [0.25, 0.3) is 0 Å². The molecule has 0 bridgehead atoms. The molecule has 0 heterocycles. The van der Waals surface area contributed by atoms with Gasteiger partial charge in [-0.25, -0.2) is 0 Å². The number of hydrogen-bond donors (Lipinski definition) is 1. The zero-order valence-electron chi connectivity index (χ0n) is 9.90. The fourth-order valence-electron chi connectivity index (χ4n) is 1.59. The summed E-state index contributed by atoms with van der Waals surface area (Å²) in [5, 5.41) is 0.675. The molecule has 2 aromatic rings. The number of nitrogens with two attached hydrogens (primary N) is 1. The van der Waals surface area contributed by atoms with Crippen LogP contribution < -0.4 is 10.5 Å². The molecule has 19 heavy (non-hydrogen) atoms. The quantitative estimate of drug-likeness (QED) is 0.829. The molecule has 0 saturated heterocycles. The first-order valence-electron chi connectivity index (χ1n) is 5.53. The van der Waals surface area contributed by atoms with Gasteiger partial charge >= 0.3 is 0 Å². The predicted molar refractivity (Wildman–Crippen MR) is 85.8 cm³/mol. The first-order valence-corrected chi connectivity index (χ1v) is 7.11. The van der Waals surface area contributed by atoms with Crippen LogP contribution in [0.2, 0.25) is 5.02 Å². The monoisotopic (exact) mass is 355 g/mol. The number of rotatable bonds is 4. The highest BCUT2D eigenvalue weighted by molar-refractivity contribution is 9.10. The van der Waals surface area contributed by atoms with Crippen LogP contribution in [0.3, 0.4) is 0 Å². The molecule has 0 atom stereocenters. The Labute approximate surface area is 130 Å². The number of halogens is 2. The van der Waals surface area contributed by atoms with Gasteiger partial charge in [-0.3, -0.25) is 0 Å². The molecule has 0 saturated carbocycles. The third kappa shape index (κ3) is 3.69. The molecule has 2 nitrogen and oxygen atoms in total. The molecular formula is C14H11BrClNOS. The van der Waals surface area contributed by atoms with Gasteiger partial charge in [-0.1, -0.05) is 57.9 Å². The van der Waals surface area contributed by atoms with Crippen molar-refractivity contribution >= 4 is 44.7 Å². The van der Waals surface area contributed by atoms with Gasteiger partial charge in [-0.05, 0) is 24.3 Å². The maximum absolute atomic E-state index is 6.08. The second-order valence-corrected chi connectivity index (χ2v) is 5.65. The van der Waals surface area contributed by atoms with Crippen molar-refractivity contribution in [1.82, 2.24) is 0 Å². The lowest BCUT2D eigenvalue weighted by atomic mass is 10.2. The van der Waals surface area contributed by atoms with Crippen LogP contribution in [0.15, 0.2) is 46.9 Å². The van der Waals surface area contributed by atoms with Crippen molar-refractivity contribution in [3.8, 4) is 5.75 Å². The number of hydrogen-bond acceptors (Lipinski definition) is 2. The van der Waals surface area contributed by atoms with Crippen molar-refractivity contribution in [1.29, 1.82) is 0 Å². The lowest BCUT2D eigenvalue weighted by Crippen LogP contribution is -2.11. The summed E-state index contributed by atoms with van der Waals surface area (Å²) in [4.78, 5) is 0.307. The summed E-state index contributed by atoms with van der Waals surface area (Å²) in [5.74, 6) is 0.641. The van der Waals surface area contributed by atoms with E-state index in [1.807, 2.05) is 42.5 Å². The van der Waals surface area contributed by atoms with Crippen LogP contribution in [-0.2, 0) is 6.61 Å². The first kappa shape index (κ1) is 14.3. The topological polar surface area (TPSA) is 35.2 Å². The van der Waals surface area contributed by atoms with Gasteiger partial charge in [0.15, 0.2) is 0 Å². The summed E-state index contributed by atoms with van der Waals surface area (Å²) in [6.07, 6.45) is 0. The van der Waals surface area contributed by atoms with Gasteiger partial charge in [0.25, 0.3) is 0 Å². The average Bonchev–Trinajstić information content (AvgIpc) is 2.37. The molecule has 0 unspecified atom stereocenters. The Morgan fingerprint density at radius 1 is 1.26 bits per heavy atom. The minimum atomic E-state index is 0.307. The van der Waals surface area contributed by atoms with E-state index < -0.39 is 0 Å². The van der Waals surface area contributed by atoms with E-state index in [9.17, 15) is 0 Å². The zero-order valence-corrected chi connectivity index (χ0v) is 13.1. The predicted octanol–water partition coefficient (Wildman–Crippen LogP) is 4.32. The Morgan fingerprint density at radius 3 is 2.68 bits per heavy atom. The first-order chi connectivity index (χ1) is 9.08. The fraction of sp³-hybridized carbons (Fsp3) is 0.0714. The Hall–Kier alpha value is -1.10. The van der Waals surface area contributed by atoms with Crippen molar-refractivity contribution in [2.75, 3.05) is 0 Å². The van der Waals surface area contributed by atoms with Crippen molar-refractivity contribution in [3.05, 3.63) is 63.1 Å². The molecule has 2 aromatic carbocycles. The van der Waals surface area contributed by atoms with Crippen LogP contribution in [0.1, 0.15) is 11.1 Å². The van der Waals surface area contributed by atoms with E-state index in [1.54, 1.807) is 0 Å². The molecule has 0 aliphatic carbocycles. The normalized spacial score (nSPS) is 10.2. The summed E-state index contributed by atoms with van der Waals surface area (Å²) in [5.41, 5.74) is 7.30. The molecular weight excluding hydrogens is 346 g/mol. The molecule has 5 heteroatoms. The van der Waals surface area contributed by atoms with E-state index in [2.05, 4.69) is 15.9 Å². The largest absolute Gasteiger partial charge is 0.488 e. The van der Waals surface area contributed by atoms with Gasteiger partial charge < -0.3 is 10.5 Å². The van der Waals surface area contributed by atoms with Crippen LogP contribution in [0.5, 0.6) is 5.75 Å². The van der Waals surface area contributed by atoms with Gasteiger partial charge in [-0.2, -0.15) is 0 Å². The third-order valence-electron chi connectivity index (χ3n) is 2.55. The molecule has 98 valence electrons. The van der Waals surface area contributed by atoms with E-state index in [-0.39, 0.29) is 0 Å². The maximum atomic E-state index is 6.08. The summed E-state index contributed by atoms with van der Waals surface area (Å²) >= 11 is 14.5. The number of benzene rings is 2. The molecule has 0 radical (unpaired) electrons. The molecule has 2 N–H and O–H groups in total. The van der Waals surface area contributed by atoms with Crippen molar-refractivity contribution < 1.29 is 4.74 Å². The molecule has 2 rings (SSSR count). The lowest BCUT2D eigenvalue weighted by Gasteiger charge is -2.12. The Kier molecular flexibility index (Phi) is 4.80. The Balaban J connectivity index is 2.22. The molecule has 0 fully saturated rings. The van der Waals surface area contributed by atoms with Gasteiger partial charge in [0.05, 0.1) is 5.56 Å². The lowest BCUT2D eigenvalue weighted by molar-refractivity contribution is 0.305. The van der Waals surface area contributed by atoms with Crippen LogP contribution in [0, 0.1) is 0 Å². The number of ether oxygens (including phenoxy) is 1. The molecule has 0 amide bonds. The van der Waals surface area contributed by atoms with E-state index in [1.165, 1.54) is 0 Å². The minimum Gasteiger partial charge on any atom is -0.488 e. The van der Waals surface area contributed by atoms with Gasteiger partial charge in [0.2, 0.25) is 0 Å². The van der Waals surface area contributed by atoms with Crippen molar-refractivity contribution in [2.24, 2.45) is 5.73 Å². The highest BCUT2D eigenvalue weighted by Crippen LogP contribution is 2.25. The maximum Gasteiger partial charge on any atom is 0.131 e. The van der Waals surface area contributed by atoms with Crippen LogP contribution >= 0.6 is 39.7 Å². The average molecular weight is 357 g/mol. The number of thiocarbonyl (C=S) groups is 1. The third-order valence-corrected chi connectivity index (χ3v) is 3.63. The summed E-state index contributed by atoms with van der Waals surface area (Å²) < 4.78 is 6.67. The van der Waals surface area contributed by atoms with E-state index in [0.29, 0.717) is 27.9 Å². The zero-order chi connectivity index (χ0) is 13.8. The highest BCUT2D eigenvalue weighted by Gasteiger charge is 2.08. The smallest absolute Gasteiger partial charge is 0.131 e. The van der Waals surface area contributed by atoms with E-state index in [0.717, 1.165) is 10.0 Å². The summed E-state index contributed by atoms with van der Waals surface area (Å²) in [6, 6.07) is 13.1. The second-order valence-electron chi connectivity index (χ2n) is 3.88. The summed E-state index contributed by atoms with van der Waals surface area (Å²) in [6.45, 7) is 0.367. The van der Waals surface area contributed by atoms with Gasteiger partial charge in [0.1, 0.15) is 17.3 Å². The van der Waals surface area contributed by atoms with E-state index >= 15 is 0 Å². The Bertz CT molecular complexity index is 618. The molecule has 0 aliphatic rings. The summed E-state index contributed by atoms with van der Waals surface area (Å²) in [7, 11) is 0. The molecule has 0 spiro atoms. The van der Waals surface area contributed by atoms with Gasteiger partial charge in [0, 0.05) is 15.1 Å². The highest BCUT2D eigenvalue weighted by atomic mass is 79.9.